The summed E-state index contributed by atoms with van der Waals surface area (Å²) < 4.78 is 1.01. The number of nitrogens with zero attached hydrogens (tertiary/aromatic N) is 1. The Morgan fingerprint density at radius 2 is 2.18 bits per heavy atom. The van der Waals surface area contributed by atoms with Gasteiger partial charge in [-0.15, -0.1) is 0 Å². The van der Waals surface area contributed by atoms with E-state index in [4.69, 9.17) is 0 Å². The van der Waals surface area contributed by atoms with Crippen LogP contribution >= 0.6 is 15.9 Å². The minimum atomic E-state index is -0.00633. The fraction of sp³-hybridized carbons (Fsp3) is 0.500. The van der Waals surface area contributed by atoms with E-state index in [9.17, 15) is 4.79 Å². The summed E-state index contributed by atoms with van der Waals surface area (Å²) in [6.45, 7) is 4.74. The minimum absolute atomic E-state index is 0.00633. The molecular weight excluding hydrogens is 344 g/mol. The lowest BCUT2D eigenvalue weighted by Gasteiger charge is -2.12. The van der Waals surface area contributed by atoms with Crippen molar-refractivity contribution in [3.8, 4) is 0 Å². The number of hydrogen-bond donors (Lipinski definition) is 3. The maximum atomic E-state index is 12.0. The molecule has 1 aliphatic rings. The van der Waals surface area contributed by atoms with Crippen LogP contribution in [0.4, 0.5) is 5.69 Å². The van der Waals surface area contributed by atoms with Crippen LogP contribution in [0.3, 0.4) is 0 Å². The van der Waals surface area contributed by atoms with Crippen LogP contribution in [-0.2, 0) is 4.79 Å². The lowest BCUT2D eigenvalue weighted by Crippen LogP contribution is -2.40. The topological polar surface area (TPSA) is 65.5 Å². The normalized spacial score (nSPS) is 20.5. The molecule has 1 aromatic rings. The van der Waals surface area contributed by atoms with Gasteiger partial charge in [0, 0.05) is 36.2 Å². The zero-order valence-corrected chi connectivity index (χ0v) is 14.8. The lowest BCUT2D eigenvalue weighted by atomic mass is 10.2. The van der Waals surface area contributed by atoms with Crippen molar-refractivity contribution in [3.63, 3.8) is 0 Å². The fourth-order valence-electron chi connectivity index (χ4n) is 2.17. The Bertz CT molecular complexity index is 573. The third-order valence-corrected chi connectivity index (χ3v) is 4.26. The Morgan fingerprint density at radius 1 is 1.45 bits per heavy atom. The van der Waals surface area contributed by atoms with Crippen molar-refractivity contribution < 1.29 is 4.79 Å². The molecule has 1 aliphatic carbocycles. The van der Waals surface area contributed by atoms with Crippen molar-refractivity contribution in [2.24, 2.45) is 10.9 Å². The first kappa shape index (κ1) is 16.8. The van der Waals surface area contributed by atoms with Crippen LogP contribution in [0.25, 0.3) is 0 Å². The summed E-state index contributed by atoms with van der Waals surface area (Å²) in [5.74, 6) is 1.47. The summed E-state index contributed by atoms with van der Waals surface area (Å²) in [5.41, 5.74) is 1.89. The molecule has 0 spiro atoms. The van der Waals surface area contributed by atoms with E-state index >= 15 is 0 Å². The molecule has 0 aromatic heterocycles. The van der Waals surface area contributed by atoms with Crippen LogP contribution in [0.5, 0.6) is 0 Å². The van der Waals surface area contributed by atoms with Crippen LogP contribution < -0.4 is 16.0 Å². The van der Waals surface area contributed by atoms with Gasteiger partial charge >= 0.3 is 0 Å². The van der Waals surface area contributed by atoms with Gasteiger partial charge in [-0.1, -0.05) is 22.9 Å². The minimum Gasteiger partial charge on any atom is -0.356 e. The number of aliphatic imine (C=N–C) groups is 1. The number of guanidine groups is 1. The standard InChI is InChI=1S/C16H23BrN4O/c1-10-8-12(17)4-5-13(10)20-15(22)6-7-19-16(18-3)21-14-9-11(14)2/h4-5,8,11,14H,6-7,9H2,1-3H3,(H,20,22)(H2,18,19,21). The molecule has 120 valence electrons. The quantitative estimate of drug-likeness (QED) is 0.554. The molecule has 2 atom stereocenters. The van der Waals surface area contributed by atoms with E-state index in [-0.39, 0.29) is 5.91 Å². The van der Waals surface area contributed by atoms with Crippen molar-refractivity contribution in [2.75, 3.05) is 18.9 Å². The van der Waals surface area contributed by atoms with Crippen molar-refractivity contribution >= 4 is 33.5 Å². The van der Waals surface area contributed by atoms with E-state index in [2.05, 4.69) is 43.8 Å². The van der Waals surface area contributed by atoms with Crippen LogP contribution in [-0.4, -0.2) is 31.5 Å². The van der Waals surface area contributed by atoms with E-state index in [1.165, 1.54) is 6.42 Å². The highest BCUT2D eigenvalue weighted by Crippen LogP contribution is 2.28. The number of carbonyl (C=O) groups excluding carboxylic acids is 1. The number of anilines is 1. The smallest absolute Gasteiger partial charge is 0.226 e. The van der Waals surface area contributed by atoms with Crippen molar-refractivity contribution in [1.82, 2.24) is 10.6 Å². The van der Waals surface area contributed by atoms with Crippen LogP contribution in [0.2, 0.25) is 0 Å². The first-order valence-electron chi connectivity index (χ1n) is 7.52. The van der Waals surface area contributed by atoms with Gasteiger partial charge in [-0.3, -0.25) is 9.79 Å². The molecule has 1 saturated carbocycles. The highest BCUT2D eigenvalue weighted by Gasteiger charge is 2.33. The molecule has 0 bridgehead atoms. The number of amides is 1. The second kappa shape index (κ2) is 7.63. The van der Waals surface area contributed by atoms with Gasteiger partial charge in [0.1, 0.15) is 0 Å². The molecule has 0 heterocycles. The maximum absolute atomic E-state index is 12.0. The molecule has 22 heavy (non-hydrogen) atoms. The maximum Gasteiger partial charge on any atom is 0.226 e. The molecule has 0 aliphatic heterocycles. The summed E-state index contributed by atoms with van der Waals surface area (Å²) >= 11 is 3.41. The van der Waals surface area contributed by atoms with Gasteiger partial charge in [0.15, 0.2) is 5.96 Å². The SMILES string of the molecule is CN=C(NCCC(=O)Nc1ccc(Br)cc1C)NC1CC1C. The summed E-state index contributed by atoms with van der Waals surface area (Å²) in [4.78, 5) is 16.1. The number of rotatable bonds is 5. The van der Waals surface area contributed by atoms with Crippen molar-refractivity contribution in [1.29, 1.82) is 0 Å². The summed E-state index contributed by atoms with van der Waals surface area (Å²) in [6, 6.07) is 6.32. The first-order chi connectivity index (χ1) is 10.5. The van der Waals surface area contributed by atoms with Gasteiger partial charge in [0.05, 0.1) is 0 Å². The predicted molar refractivity (Wildman–Crippen MR) is 94.2 cm³/mol. The Labute approximate surface area is 140 Å². The van der Waals surface area contributed by atoms with E-state index < -0.39 is 0 Å². The highest BCUT2D eigenvalue weighted by atomic mass is 79.9. The van der Waals surface area contributed by atoms with Gasteiger partial charge in [0.25, 0.3) is 0 Å². The summed E-state index contributed by atoms with van der Waals surface area (Å²) in [5, 5.41) is 9.43. The Hall–Kier alpha value is -1.56. The molecule has 2 unspecified atom stereocenters. The zero-order valence-electron chi connectivity index (χ0n) is 13.2. The number of aryl methyl sites for hydroxylation is 1. The Kier molecular flexibility index (Phi) is 5.83. The molecular formula is C16H23BrN4O. The molecule has 6 heteroatoms. The number of carbonyl (C=O) groups is 1. The van der Waals surface area contributed by atoms with E-state index in [1.54, 1.807) is 7.05 Å². The van der Waals surface area contributed by atoms with Crippen molar-refractivity contribution in [2.45, 2.75) is 32.7 Å². The van der Waals surface area contributed by atoms with Gasteiger partial charge < -0.3 is 16.0 Å². The van der Waals surface area contributed by atoms with Crippen LogP contribution in [0.15, 0.2) is 27.7 Å². The van der Waals surface area contributed by atoms with Gasteiger partial charge in [-0.05, 0) is 43.0 Å². The molecule has 5 nitrogen and oxygen atoms in total. The average molecular weight is 367 g/mol. The van der Waals surface area contributed by atoms with Crippen LogP contribution in [0, 0.1) is 12.8 Å². The fourth-order valence-corrected chi connectivity index (χ4v) is 2.64. The summed E-state index contributed by atoms with van der Waals surface area (Å²) in [6.07, 6.45) is 1.58. The van der Waals surface area contributed by atoms with Gasteiger partial charge in [-0.25, -0.2) is 0 Å². The first-order valence-corrected chi connectivity index (χ1v) is 8.32. The average Bonchev–Trinajstić information content (AvgIpc) is 3.16. The molecule has 1 fully saturated rings. The third kappa shape index (κ3) is 5.02. The third-order valence-electron chi connectivity index (χ3n) is 3.76. The largest absolute Gasteiger partial charge is 0.356 e. The van der Waals surface area contributed by atoms with Crippen molar-refractivity contribution in [3.05, 3.63) is 28.2 Å². The monoisotopic (exact) mass is 366 g/mol. The number of halogens is 1. The molecule has 1 aromatic carbocycles. The highest BCUT2D eigenvalue weighted by molar-refractivity contribution is 9.10. The van der Waals surface area contributed by atoms with Crippen LogP contribution in [0.1, 0.15) is 25.3 Å². The predicted octanol–water partition coefficient (Wildman–Crippen LogP) is 2.66. The number of nitrogens with one attached hydrogen (secondary N) is 3. The van der Waals surface area contributed by atoms with E-state index in [1.807, 2.05) is 25.1 Å². The second-order valence-corrected chi connectivity index (χ2v) is 6.64. The molecule has 0 radical (unpaired) electrons. The van der Waals surface area contributed by atoms with Gasteiger partial charge in [0.2, 0.25) is 5.91 Å². The second-order valence-electron chi connectivity index (χ2n) is 5.72. The number of benzene rings is 1. The molecule has 0 saturated heterocycles. The Morgan fingerprint density at radius 3 is 2.77 bits per heavy atom. The summed E-state index contributed by atoms with van der Waals surface area (Å²) in [7, 11) is 1.74. The van der Waals surface area contributed by atoms with E-state index in [0.717, 1.165) is 21.7 Å². The Balaban J connectivity index is 1.73. The van der Waals surface area contributed by atoms with E-state index in [0.29, 0.717) is 24.9 Å². The molecule has 3 N–H and O–H groups in total. The molecule has 2 rings (SSSR count). The van der Waals surface area contributed by atoms with Gasteiger partial charge in [-0.2, -0.15) is 0 Å². The lowest BCUT2D eigenvalue weighted by molar-refractivity contribution is -0.116. The molecule has 1 amide bonds. The zero-order chi connectivity index (χ0) is 16.1. The number of hydrogen-bond acceptors (Lipinski definition) is 2.